The average Bonchev–Trinajstić information content (AvgIpc) is 3.32. The van der Waals surface area contributed by atoms with Crippen molar-refractivity contribution in [2.24, 2.45) is 16.6 Å². The fraction of sp³-hybridized carbons (Fsp3) is 0.348. The highest BCUT2D eigenvalue weighted by atomic mass is 32.2. The van der Waals surface area contributed by atoms with E-state index in [0.717, 1.165) is 11.1 Å². The summed E-state index contributed by atoms with van der Waals surface area (Å²) in [6.07, 6.45) is 4.90. The number of aromatic nitrogens is 3. The zero-order chi connectivity index (χ0) is 25.5. The first-order valence-electron chi connectivity index (χ1n) is 10.9. The number of halogens is 2. The first-order chi connectivity index (χ1) is 17.2. The van der Waals surface area contributed by atoms with Crippen LogP contribution >= 0.6 is 23.1 Å². The minimum absolute atomic E-state index is 0.0149. The second-order valence-electron chi connectivity index (χ2n) is 8.68. The van der Waals surface area contributed by atoms with Gasteiger partial charge in [-0.2, -0.15) is 0 Å². The maximum atomic E-state index is 15.0. The summed E-state index contributed by atoms with van der Waals surface area (Å²) in [7, 11) is 1.59. The van der Waals surface area contributed by atoms with Gasteiger partial charge in [-0.15, -0.1) is 11.3 Å². The molecule has 188 valence electrons. The Bertz CT molecular complexity index is 1320. The van der Waals surface area contributed by atoms with Crippen LogP contribution in [0.25, 0.3) is 0 Å². The van der Waals surface area contributed by atoms with Gasteiger partial charge in [0.2, 0.25) is 5.88 Å². The highest BCUT2D eigenvalue weighted by Crippen LogP contribution is 2.66. The average molecular weight is 533 g/mol. The Labute approximate surface area is 213 Å². The van der Waals surface area contributed by atoms with Crippen LogP contribution in [0.3, 0.4) is 0 Å². The van der Waals surface area contributed by atoms with Crippen LogP contribution in [0, 0.1) is 17.6 Å². The summed E-state index contributed by atoms with van der Waals surface area (Å²) in [4.78, 5) is 29.5. The van der Waals surface area contributed by atoms with E-state index in [0.29, 0.717) is 13.0 Å². The first-order valence-corrected chi connectivity index (χ1v) is 12.6. The number of carbonyl (C=O) groups excluding carboxylic acids is 1. The predicted molar refractivity (Wildman–Crippen MR) is 132 cm³/mol. The maximum absolute atomic E-state index is 15.0. The number of nitrogens with one attached hydrogen (secondary N) is 1. The molecule has 1 aromatic carbocycles. The first kappa shape index (κ1) is 24.5. The fourth-order valence-electron chi connectivity index (χ4n) is 4.52. The topological polar surface area (TPSA) is 125 Å². The van der Waals surface area contributed by atoms with Crippen LogP contribution in [-0.2, 0) is 16.9 Å². The Morgan fingerprint density at radius 1 is 1.28 bits per heavy atom. The summed E-state index contributed by atoms with van der Waals surface area (Å²) in [5, 5.41) is 5.45. The lowest BCUT2D eigenvalue weighted by Crippen LogP contribution is -2.38. The summed E-state index contributed by atoms with van der Waals surface area (Å²) in [6, 6.07) is 2.30. The van der Waals surface area contributed by atoms with Gasteiger partial charge in [0.15, 0.2) is 16.8 Å². The number of methoxy groups -OCH3 is 1. The zero-order valence-corrected chi connectivity index (χ0v) is 21.0. The molecule has 9 nitrogen and oxygen atoms in total. The molecule has 3 atom stereocenters. The number of thioether (sulfide) groups is 1. The van der Waals surface area contributed by atoms with Gasteiger partial charge < -0.3 is 20.5 Å². The largest absolute Gasteiger partial charge is 0.469 e. The van der Waals surface area contributed by atoms with Gasteiger partial charge in [-0.3, -0.25) is 9.79 Å². The molecule has 1 aliphatic carbocycles. The molecular formula is C23H22F2N6O3S2. The highest BCUT2D eigenvalue weighted by molar-refractivity contribution is 8.15. The van der Waals surface area contributed by atoms with Crippen molar-refractivity contribution in [2.45, 2.75) is 30.2 Å². The minimum atomic E-state index is -1.12. The number of hydrogen-bond acceptors (Lipinski definition) is 10. The SMILES string of the molecule is COC[C@]12C[C@H]1[C@](C)(c1cc(NC(=O)c3cnc(OCc4nccs4)cn3)cc(F)c1F)N=C(N)S2. The van der Waals surface area contributed by atoms with Crippen LogP contribution in [-0.4, -0.2) is 44.5 Å². The highest BCUT2D eigenvalue weighted by Gasteiger charge is 2.66. The fourth-order valence-corrected chi connectivity index (χ4v) is 6.50. The Morgan fingerprint density at radius 3 is 2.81 bits per heavy atom. The van der Waals surface area contributed by atoms with Gasteiger partial charge in [0.1, 0.15) is 17.3 Å². The van der Waals surface area contributed by atoms with E-state index in [1.165, 1.54) is 41.6 Å². The van der Waals surface area contributed by atoms with E-state index in [-0.39, 0.29) is 45.3 Å². The Kier molecular flexibility index (Phi) is 6.39. The number of hydrogen-bond donors (Lipinski definition) is 2. The lowest BCUT2D eigenvalue weighted by molar-refractivity contribution is 0.102. The van der Waals surface area contributed by atoms with Crippen molar-refractivity contribution in [3.63, 3.8) is 0 Å². The predicted octanol–water partition coefficient (Wildman–Crippen LogP) is 3.72. The summed E-state index contributed by atoms with van der Waals surface area (Å²) in [5.41, 5.74) is 5.01. The van der Waals surface area contributed by atoms with Crippen molar-refractivity contribution in [3.05, 3.63) is 64.0 Å². The zero-order valence-electron chi connectivity index (χ0n) is 19.3. The number of amides is 1. The number of ether oxygens (including phenoxy) is 2. The van der Waals surface area contributed by atoms with Crippen molar-refractivity contribution in [1.29, 1.82) is 0 Å². The monoisotopic (exact) mass is 532 g/mol. The summed E-state index contributed by atoms with van der Waals surface area (Å²) in [6.45, 7) is 2.37. The molecule has 0 bridgehead atoms. The molecule has 0 saturated heterocycles. The number of aliphatic imine (C=N–C) groups is 1. The molecule has 5 rings (SSSR count). The summed E-state index contributed by atoms with van der Waals surface area (Å²) < 4.78 is 40.2. The number of anilines is 1. The molecule has 0 spiro atoms. The van der Waals surface area contributed by atoms with Gasteiger partial charge in [-0.05, 0) is 19.4 Å². The Hall–Kier alpha value is -3.16. The van der Waals surface area contributed by atoms with Gasteiger partial charge >= 0.3 is 0 Å². The van der Waals surface area contributed by atoms with Crippen LogP contribution in [0.1, 0.15) is 34.4 Å². The molecule has 0 unspecified atom stereocenters. The lowest BCUT2D eigenvalue weighted by atomic mass is 9.85. The summed E-state index contributed by atoms with van der Waals surface area (Å²) in [5.74, 6) is -2.66. The van der Waals surface area contributed by atoms with Gasteiger partial charge in [0, 0.05) is 41.9 Å². The molecule has 2 aliphatic rings. The van der Waals surface area contributed by atoms with E-state index in [1.54, 1.807) is 20.2 Å². The second kappa shape index (κ2) is 9.37. The molecule has 1 fully saturated rings. The van der Waals surface area contributed by atoms with Crippen LogP contribution in [0.5, 0.6) is 5.88 Å². The number of fused-ring (bicyclic) bond motifs is 1. The number of carbonyl (C=O) groups is 1. The molecule has 1 aliphatic heterocycles. The number of amidine groups is 1. The molecular weight excluding hydrogens is 510 g/mol. The molecule has 13 heteroatoms. The molecule has 3 aromatic rings. The number of thiazole rings is 1. The molecule has 3 heterocycles. The van der Waals surface area contributed by atoms with Gasteiger partial charge in [0.25, 0.3) is 5.91 Å². The van der Waals surface area contributed by atoms with E-state index in [1.807, 2.05) is 5.38 Å². The van der Waals surface area contributed by atoms with Crippen molar-refractivity contribution < 1.29 is 23.0 Å². The standard InChI is InChI=1S/C23H22F2N6O3S2/c1-22(16-7-23(16,11-33-2)36-21(26)31-22)13-5-12(6-14(24)19(13)25)30-20(32)15-8-29-17(9-28-15)34-10-18-27-3-4-35-18/h3-6,8-9,16H,7,10-11H2,1-2H3,(H2,26,31)(H,30,32)/t16-,22-,23+/m0/s1. The second-order valence-corrected chi connectivity index (χ2v) is 11.1. The number of nitrogens with two attached hydrogens (primary N) is 1. The Morgan fingerprint density at radius 2 is 2.11 bits per heavy atom. The van der Waals surface area contributed by atoms with Gasteiger partial charge in [-0.25, -0.2) is 23.7 Å². The normalized spacial score (nSPS) is 24.6. The van der Waals surface area contributed by atoms with E-state index in [4.69, 9.17) is 15.2 Å². The lowest BCUT2D eigenvalue weighted by Gasteiger charge is -2.34. The van der Waals surface area contributed by atoms with Crippen LogP contribution in [0.15, 0.2) is 41.1 Å². The van der Waals surface area contributed by atoms with Gasteiger partial charge in [-0.1, -0.05) is 11.8 Å². The molecule has 3 N–H and O–H groups in total. The van der Waals surface area contributed by atoms with E-state index < -0.39 is 23.1 Å². The van der Waals surface area contributed by atoms with Crippen LogP contribution in [0.2, 0.25) is 0 Å². The van der Waals surface area contributed by atoms with Crippen molar-refractivity contribution in [3.8, 4) is 5.88 Å². The third kappa shape index (κ3) is 4.53. The molecule has 2 aromatic heterocycles. The Balaban J connectivity index is 1.35. The molecule has 1 saturated carbocycles. The smallest absolute Gasteiger partial charge is 0.275 e. The maximum Gasteiger partial charge on any atom is 0.275 e. The quantitative estimate of drug-likeness (QED) is 0.450. The third-order valence-electron chi connectivity index (χ3n) is 6.26. The van der Waals surface area contributed by atoms with Crippen molar-refractivity contribution >= 4 is 39.9 Å². The molecule has 36 heavy (non-hydrogen) atoms. The molecule has 1 amide bonds. The summed E-state index contributed by atoms with van der Waals surface area (Å²) >= 11 is 2.84. The van der Waals surface area contributed by atoms with E-state index in [9.17, 15) is 9.18 Å². The van der Waals surface area contributed by atoms with E-state index in [2.05, 4.69) is 25.3 Å². The van der Waals surface area contributed by atoms with Gasteiger partial charge in [0.05, 0.1) is 29.3 Å². The van der Waals surface area contributed by atoms with Crippen molar-refractivity contribution in [2.75, 3.05) is 19.0 Å². The number of rotatable bonds is 8. The molecule has 0 radical (unpaired) electrons. The van der Waals surface area contributed by atoms with E-state index >= 15 is 4.39 Å². The minimum Gasteiger partial charge on any atom is -0.469 e. The van der Waals surface area contributed by atoms with Crippen LogP contribution in [0.4, 0.5) is 14.5 Å². The number of benzene rings is 1. The van der Waals surface area contributed by atoms with Crippen molar-refractivity contribution in [1.82, 2.24) is 15.0 Å². The number of nitrogens with zero attached hydrogens (tertiary/aromatic N) is 4. The third-order valence-corrected chi connectivity index (χ3v) is 8.29. The van der Waals surface area contributed by atoms with Crippen LogP contribution < -0.4 is 15.8 Å².